The van der Waals surface area contributed by atoms with Gasteiger partial charge in [0.05, 0.1) is 0 Å². The Morgan fingerprint density at radius 3 is 1.50 bits per heavy atom. The molecular formula is H2MoNO2. The minimum absolute atomic E-state index is 3.36. The summed E-state index contributed by atoms with van der Waals surface area (Å²) in [6, 6.07) is 0. The zero-order valence-corrected chi connectivity index (χ0v) is 3.81. The average Bonchev–Trinajstić information content (AvgIpc) is 0.811. The van der Waals surface area contributed by atoms with Crippen LogP contribution < -0.4 is 4.29 Å². The van der Waals surface area contributed by atoms with E-state index in [0.29, 0.717) is 0 Å². The van der Waals surface area contributed by atoms with Crippen molar-refractivity contribution in [1.29, 1.82) is 0 Å². The summed E-state index contributed by atoms with van der Waals surface area (Å²) in [5, 5.41) is 0. The molecule has 0 atom stereocenters. The maximum absolute atomic E-state index is 8.92. The summed E-state index contributed by atoms with van der Waals surface area (Å²) in [4.78, 5) is 0. The summed E-state index contributed by atoms with van der Waals surface area (Å²) in [5.41, 5.74) is 0. The first kappa shape index (κ1) is 4.25. The molecule has 3 nitrogen and oxygen atoms in total. The molecule has 0 bridgehead atoms. The third-order valence-corrected chi connectivity index (χ3v) is 0. The molecule has 0 aliphatic rings. The molecule has 0 aromatic carbocycles. The predicted octanol–water partition coefficient (Wildman–Crippen LogP) is -0.831. The molecule has 0 fully saturated rings. The molecule has 4 heteroatoms. The Balaban J connectivity index is 3.51. The molecule has 0 aliphatic carbocycles. The van der Waals surface area contributed by atoms with E-state index in [1.807, 2.05) is 0 Å². The zero-order chi connectivity index (χ0) is 3.58. The molecule has 4 heavy (non-hydrogen) atoms. The van der Waals surface area contributed by atoms with Crippen LogP contribution in [0.15, 0.2) is 0 Å². The molecule has 0 saturated carbocycles. The Bertz CT molecular complexity index is 54.4. The summed E-state index contributed by atoms with van der Waals surface area (Å²) < 4.78 is 22.0. The van der Waals surface area contributed by atoms with Gasteiger partial charge in [-0.15, -0.1) is 0 Å². The Labute approximate surface area is 29.3 Å². The van der Waals surface area contributed by atoms with Gasteiger partial charge in [-0.1, -0.05) is 0 Å². The molecule has 0 saturated heterocycles. The Morgan fingerprint density at radius 1 is 1.50 bits per heavy atom. The van der Waals surface area contributed by atoms with Crippen LogP contribution in [0, 0.1) is 0 Å². The van der Waals surface area contributed by atoms with Crippen molar-refractivity contribution in [2.45, 2.75) is 0 Å². The van der Waals surface area contributed by atoms with Gasteiger partial charge in [0.15, 0.2) is 0 Å². The van der Waals surface area contributed by atoms with E-state index in [-0.39, 0.29) is 0 Å². The quantitative estimate of drug-likeness (QED) is 0.451. The van der Waals surface area contributed by atoms with Crippen molar-refractivity contribution in [3.05, 3.63) is 0 Å². The first-order valence-electron chi connectivity index (χ1n) is 0.569. The Kier molecular flexibility index (Phi) is 1.65. The SMILES string of the molecule is [NH2][Mo](=[O])=[O]. The monoisotopic (exact) mass is 146 g/mol. The van der Waals surface area contributed by atoms with Gasteiger partial charge in [0.25, 0.3) is 0 Å². The van der Waals surface area contributed by atoms with Crippen molar-refractivity contribution >= 4 is 0 Å². The van der Waals surface area contributed by atoms with Crippen LogP contribution in [0.2, 0.25) is 0 Å². The third kappa shape index (κ3) is 56.8. The molecular weight excluding hydrogens is 142 g/mol. The molecule has 0 amide bonds. The molecule has 0 aliphatic heterocycles. The van der Waals surface area contributed by atoms with Gasteiger partial charge in [0, 0.05) is 0 Å². The van der Waals surface area contributed by atoms with Crippen LogP contribution in [0.4, 0.5) is 0 Å². The van der Waals surface area contributed by atoms with Crippen molar-refractivity contribution < 1.29 is 24.3 Å². The fourth-order valence-corrected chi connectivity index (χ4v) is 0. The van der Waals surface area contributed by atoms with E-state index in [0.717, 1.165) is 0 Å². The minimum atomic E-state index is -3.36. The van der Waals surface area contributed by atoms with E-state index in [2.05, 4.69) is 4.29 Å². The summed E-state index contributed by atoms with van der Waals surface area (Å²) >= 11 is -3.36. The van der Waals surface area contributed by atoms with Gasteiger partial charge in [-0.05, 0) is 0 Å². The van der Waals surface area contributed by atoms with Gasteiger partial charge in [-0.2, -0.15) is 0 Å². The van der Waals surface area contributed by atoms with Crippen LogP contribution in [0.5, 0.6) is 0 Å². The van der Waals surface area contributed by atoms with Crippen LogP contribution in [0.1, 0.15) is 0 Å². The van der Waals surface area contributed by atoms with Gasteiger partial charge in [0.1, 0.15) is 0 Å². The molecule has 0 aromatic heterocycles. The van der Waals surface area contributed by atoms with Crippen LogP contribution >= 0.6 is 0 Å². The maximum atomic E-state index is 8.92. The van der Waals surface area contributed by atoms with Crippen molar-refractivity contribution in [2.75, 3.05) is 0 Å². The fraction of sp³-hybridized carbons (Fsp3) is 0. The van der Waals surface area contributed by atoms with E-state index in [1.54, 1.807) is 0 Å². The predicted molar refractivity (Wildman–Crippen MR) is 5.56 cm³/mol. The normalized spacial score (nSPS) is 6.25. The van der Waals surface area contributed by atoms with E-state index in [9.17, 15) is 0 Å². The Morgan fingerprint density at radius 2 is 1.50 bits per heavy atom. The van der Waals surface area contributed by atoms with Gasteiger partial charge in [-0.25, -0.2) is 0 Å². The molecule has 0 spiro atoms. The molecule has 0 unspecified atom stereocenters. The Hall–Kier alpha value is 0.248. The van der Waals surface area contributed by atoms with Crippen molar-refractivity contribution in [3.63, 3.8) is 0 Å². The second-order valence-electron chi connectivity index (χ2n) is 0.260. The van der Waals surface area contributed by atoms with E-state index >= 15 is 0 Å². The molecule has 0 heterocycles. The molecule has 2 N–H and O–H groups in total. The van der Waals surface area contributed by atoms with E-state index in [4.69, 9.17) is 6.80 Å². The summed E-state index contributed by atoms with van der Waals surface area (Å²) in [5.74, 6) is 0. The van der Waals surface area contributed by atoms with Crippen LogP contribution in [-0.4, -0.2) is 0 Å². The number of nitrogens with two attached hydrogens (primary N) is 1. The number of hydrogen-bond acceptors (Lipinski definition) is 2. The van der Waals surface area contributed by atoms with E-state index in [1.165, 1.54) is 0 Å². The van der Waals surface area contributed by atoms with Gasteiger partial charge < -0.3 is 0 Å². The number of hydrogen-bond donors (Lipinski definition) is 1. The second-order valence-corrected chi connectivity index (χ2v) is 1.54. The molecule has 25 valence electrons. The zero-order valence-electron chi connectivity index (χ0n) is 1.80. The fourth-order valence-electron chi connectivity index (χ4n) is 0. The molecule has 0 aromatic rings. The first-order chi connectivity index (χ1) is 1.73. The third-order valence-electron chi connectivity index (χ3n) is 0. The number of rotatable bonds is 0. The van der Waals surface area contributed by atoms with Gasteiger partial charge in [0.2, 0.25) is 0 Å². The average molecular weight is 144 g/mol. The summed E-state index contributed by atoms with van der Waals surface area (Å²) in [7, 11) is 0. The topological polar surface area (TPSA) is 60.2 Å². The van der Waals surface area contributed by atoms with Gasteiger partial charge in [-0.3, -0.25) is 0 Å². The van der Waals surface area contributed by atoms with Crippen LogP contribution in [0.3, 0.4) is 0 Å². The van der Waals surface area contributed by atoms with Gasteiger partial charge >= 0.3 is 28.6 Å². The standard InChI is InChI=1S/Mo.H2N.2O/h;1H2;;/q+1;-1;;. The molecule has 0 rings (SSSR count). The van der Waals surface area contributed by atoms with Crippen LogP contribution in [-0.2, 0) is 24.3 Å². The first-order valence-corrected chi connectivity index (χ1v) is 3.37. The molecule has 0 radical (unpaired) electrons. The second kappa shape index (κ2) is 1.56. The van der Waals surface area contributed by atoms with Crippen molar-refractivity contribution in [1.82, 2.24) is 0 Å². The van der Waals surface area contributed by atoms with Crippen molar-refractivity contribution in [3.8, 4) is 0 Å². The van der Waals surface area contributed by atoms with Crippen LogP contribution in [0.25, 0.3) is 0 Å². The van der Waals surface area contributed by atoms with E-state index < -0.39 is 17.5 Å². The van der Waals surface area contributed by atoms with Crippen molar-refractivity contribution in [2.24, 2.45) is 4.29 Å². The summed E-state index contributed by atoms with van der Waals surface area (Å²) in [6.45, 7) is 0. The summed E-state index contributed by atoms with van der Waals surface area (Å²) in [6.07, 6.45) is 0.